The van der Waals surface area contributed by atoms with Crippen LogP contribution in [-0.2, 0) is 9.53 Å². The number of ether oxygens (including phenoxy) is 1. The van der Waals surface area contributed by atoms with Gasteiger partial charge in [0, 0.05) is 23.0 Å². The van der Waals surface area contributed by atoms with Crippen molar-refractivity contribution in [2.45, 2.75) is 6.92 Å². The largest absolute Gasteiger partial charge is 0.465 e. The van der Waals surface area contributed by atoms with Crippen molar-refractivity contribution in [3.8, 4) is 0 Å². The van der Waals surface area contributed by atoms with Gasteiger partial charge < -0.3 is 9.64 Å². The second-order valence-electron chi connectivity index (χ2n) is 8.23. The van der Waals surface area contributed by atoms with Gasteiger partial charge in [-0.1, -0.05) is 103 Å². The summed E-state index contributed by atoms with van der Waals surface area (Å²) in [5.41, 5.74) is 1.03. The number of esters is 1. The van der Waals surface area contributed by atoms with Crippen molar-refractivity contribution in [3.63, 3.8) is 0 Å². The SMILES string of the molecule is CCOC(=O)CN(C)C(=O)c1ccccc1N=P(c1ccccc1)(c1ccccc1)c1ccccc1. The molecule has 0 heterocycles. The zero-order valence-corrected chi connectivity index (χ0v) is 21.3. The van der Waals surface area contributed by atoms with Crippen molar-refractivity contribution in [2.75, 3.05) is 20.2 Å². The van der Waals surface area contributed by atoms with Gasteiger partial charge >= 0.3 is 5.97 Å². The Kier molecular flexibility index (Phi) is 8.14. The topological polar surface area (TPSA) is 59.0 Å². The molecule has 0 aromatic heterocycles. The molecule has 6 heteroatoms. The van der Waals surface area contributed by atoms with Crippen LogP contribution >= 0.6 is 7.05 Å². The van der Waals surface area contributed by atoms with E-state index in [1.54, 1.807) is 20.0 Å². The lowest BCUT2D eigenvalue weighted by Crippen LogP contribution is -2.33. The number of benzene rings is 4. The molecule has 4 aromatic rings. The third-order valence-electron chi connectivity index (χ3n) is 5.80. The van der Waals surface area contributed by atoms with Gasteiger partial charge in [-0.05, 0) is 19.1 Å². The minimum Gasteiger partial charge on any atom is -0.465 e. The second-order valence-corrected chi connectivity index (χ2v) is 11.2. The van der Waals surface area contributed by atoms with E-state index in [0.29, 0.717) is 11.3 Å². The fourth-order valence-electron chi connectivity index (χ4n) is 4.13. The highest BCUT2D eigenvalue weighted by Gasteiger charge is 2.28. The average Bonchev–Trinajstić information content (AvgIpc) is 2.93. The summed E-state index contributed by atoms with van der Waals surface area (Å²) in [4.78, 5) is 26.9. The third-order valence-corrected chi connectivity index (χ3v) is 9.45. The monoisotopic (exact) mass is 496 g/mol. The lowest BCUT2D eigenvalue weighted by molar-refractivity contribution is -0.143. The Balaban J connectivity index is 1.97. The summed E-state index contributed by atoms with van der Waals surface area (Å²) in [6.45, 7) is 1.89. The Bertz CT molecular complexity index is 1270. The van der Waals surface area contributed by atoms with Gasteiger partial charge in [-0.15, -0.1) is 0 Å². The molecule has 0 spiro atoms. The van der Waals surface area contributed by atoms with Gasteiger partial charge in [0.1, 0.15) is 6.54 Å². The summed E-state index contributed by atoms with van der Waals surface area (Å²) < 4.78 is 10.5. The van der Waals surface area contributed by atoms with E-state index >= 15 is 0 Å². The lowest BCUT2D eigenvalue weighted by Gasteiger charge is -2.27. The summed E-state index contributed by atoms with van der Waals surface area (Å²) in [6.07, 6.45) is 0. The first kappa shape index (κ1) is 25.2. The summed E-state index contributed by atoms with van der Waals surface area (Å²) in [5.74, 6) is -0.725. The third kappa shape index (κ3) is 5.32. The molecule has 0 saturated carbocycles. The van der Waals surface area contributed by atoms with Crippen molar-refractivity contribution in [3.05, 3.63) is 121 Å². The van der Waals surface area contributed by atoms with Crippen molar-refractivity contribution in [1.29, 1.82) is 0 Å². The fraction of sp³-hybridized carbons (Fsp3) is 0.133. The van der Waals surface area contributed by atoms with E-state index in [1.807, 2.05) is 72.8 Å². The molecule has 0 N–H and O–H groups in total. The van der Waals surface area contributed by atoms with E-state index in [4.69, 9.17) is 9.48 Å². The molecule has 0 bridgehead atoms. The number of amides is 1. The molecule has 0 aliphatic heterocycles. The number of rotatable bonds is 8. The molecule has 1 amide bonds. The maximum atomic E-state index is 13.5. The van der Waals surface area contributed by atoms with Crippen molar-refractivity contribution < 1.29 is 14.3 Å². The van der Waals surface area contributed by atoms with Crippen LogP contribution in [-0.4, -0.2) is 37.0 Å². The van der Waals surface area contributed by atoms with Crippen molar-refractivity contribution in [1.82, 2.24) is 4.90 Å². The molecule has 0 aliphatic carbocycles. The van der Waals surface area contributed by atoms with Gasteiger partial charge in [-0.2, -0.15) is 0 Å². The zero-order valence-electron chi connectivity index (χ0n) is 20.5. The summed E-state index contributed by atoms with van der Waals surface area (Å²) in [5, 5.41) is 3.26. The summed E-state index contributed by atoms with van der Waals surface area (Å²) in [6, 6.07) is 38.1. The molecule has 36 heavy (non-hydrogen) atoms. The zero-order chi connectivity index (χ0) is 25.4. The van der Waals surface area contributed by atoms with Crippen LogP contribution < -0.4 is 15.9 Å². The highest BCUT2D eigenvalue weighted by atomic mass is 31.2. The van der Waals surface area contributed by atoms with Gasteiger partial charge in [0.2, 0.25) is 0 Å². The van der Waals surface area contributed by atoms with Crippen LogP contribution in [0.15, 0.2) is 120 Å². The molecular formula is C30H29N2O3P. The number of carbonyl (C=O) groups is 2. The molecular weight excluding hydrogens is 467 g/mol. The normalized spacial score (nSPS) is 10.9. The number of carbonyl (C=O) groups excluding carboxylic acids is 2. The molecule has 0 saturated heterocycles. The van der Waals surface area contributed by atoms with Crippen LogP contribution in [0.3, 0.4) is 0 Å². The first-order valence-corrected chi connectivity index (χ1v) is 13.6. The fourth-order valence-corrected chi connectivity index (χ4v) is 7.68. The van der Waals surface area contributed by atoms with E-state index in [-0.39, 0.29) is 19.1 Å². The van der Waals surface area contributed by atoms with Gasteiger partial charge in [0.25, 0.3) is 5.91 Å². The maximum Gasteiger partial charge on any atom is 0.325 e. The molecule has 5 nitrogen and oxygen atoms in total. The van der Waals surface area contributed by atoms with Crippen LogP contribution in [0, 0.1) is 0 Å². The van der Waals surface area contributed by atoms with Gasteiger partial charge in [0.15, 0.2) is 0 Å². The second kappa shape index (κ2) is 11.7. The molecule has 4 rings (SSSR count). The van der Waals surface area contributed by atoms with E-state index < -0.39 is 13.0 Å². The highest BCUT2D eigenvalue weighted by Crippen LogP contribution is 2.49. The molecule has 0 fully saturated rings. The number of likely N-dealkylation sites (N-methyl/N-ethyl adjacent to an activating group) is 1. The Hall–Kier alpha value is -3.95. The van der Waals surface area contributed by atoms with E-state index in [2.05, 4.69) is 36.4 Å². The minimum absolute atomic E-state index is 0.128. The maximum absolute atomic E-state index is 13.5. The van der Waals surface area contributed by atoms with Gasteiger partial charge in [0.05, 0.1) is 24.9 Å². The Morgan fingerprint density at radius 3 is 1.64 bits per heavy atom. The van der Waals surface area contributed by atoms with Crippen LogP contribution in [0.2, 0.25) is 0 Å². The van der Waals surface area contributed by atoms with Crippen LogP contribution in [0.25, 0.3) is 0 Å². The van der Waals surface area contributed by atoms with Crippen LogP contribution in [0.4, 0.5) is 5.69 Å². The first-order valence-electron chi connectivity index (χ1n) is 11.9. The van der Waals surface area contributed by atoms with Gasteiger partial charge in [-0.25, -0.2) is 0 Å². The van der Waals surface area contributed by atoms with Crippen LogP contribution in [0.1, 0.15) is 17.3 Å². The summed E-state index contributed by atoms with van der Waals surface area (Å²) >= 11 is 0. The molecule has 0 aliphatic rings. The van der Waals surface area contributed by atoms with E-state index in [9.17, 15) is 9.59 Å². The number of nitrogens with zero attached hydrogens (tertiary/aromatic N) is 2. The predicted octanol–water partition coefficient (Wildman–Crippen LogP) is 5.13. The van der Waals surface area contributed by atoms with Crippen molar-refractivity contribution in [2.24, 2.45) is 4.74 Å². The minimum atomic E-state index is -2.55. The number of hydrogen-bond donors (Lipinski definition) is 0. The average molecular weight is 497 g/mol. The summed E-state index contributed by atoms with van der Waals surface area (Å²) in [7, 11) is -0.946. The molecule has 0 atom stereocenters. The van der Waals surface area contributed by atoms with E-state index in [0.717, 1.165) is 15.9 Å². The van der Waals surface area contributed by atoms with E-state index in [1.165, 1.54) is 4.90 Å². The standard InChI is InChI=1S/C30H29N2O3P/c1-3-35-29(33)23-32(2)30(34)27-21-13-14-22-28(27)31-36(24-15-7-4-8-16-24,25-17-9-5-10-18-25)26-19-11-6-12-20-26/h4-22H,3,23H2,1-2H3. The first-order chi connectivity index (χ1) is 17.6. The predicted molar refractivity (Wildman–Crippen MR) is 147 cm³/mol. The Morgan fingerprint density at radius 1 is 0.722 bits per heavy atom. The Morgan fingerprint density at radius 2 is 1.17 bits per heavy atom. The lowest BCUT2D eigenvalue weighted by atomic mass is 10.1. The highest BCUT2D eigenvalue weighted by molar-refractivity contribution is 7.87. The smallest absolute Gasteiger partial charge is 0.325 e. The molecule has 182 valence electrons. The van der Waals surface area contributed by atoms with Gasteiger partial charge in [-0.3, -0.25) is 14.3 Å². The van der Waals surface area contributed by atoms with Crippen molar-refractivity contribution >= 4 is 40.5 Å². The molecule has 0 unspecified atom stereocenters. The quantitative estimate of drug-likeness (QED) is 0.251. The molecule has 4 aromatic carbocycles. The Labute approximate surface area is 212 Å². The van der Waals surface area contributed by atoms with Crippen LogP contribution in [0.5, 0.6) is 0 Å². The molecule has 0 radical (unpaired) electrons. The number of hydrogen-bond acceptors (Lipinski definition) is 4.